The van der Waals surface area contributed by atoms with Crippen molar-refractivity contribution in [2.24, 2.45) is 0 Å². The molecule has 0 spiro atoms. The number of nitrogens with one attached hydrogen (secondary N) is 3. The van der Waals surface area contributed by atoms with Crippen LogP contribution in [0.15, 0.2) is 42.2 Å². The molecule has 0 saturated carbocycles. The summed E-state index contributed by atoms with van der Waals surface area (Å²) >= 11 is 0. The molecule has 0 amide bonds. The third kappa shape index (κ3) is 6.01. The summed E-state index contributed by atoms with van der Waals surface area (Å²) in [6.07, 6.45) is 18.6. The topological polar surface area (TPSA) is 60.7 Å². The van der Waals surface area contributed by atoms with E-state index in [1.165, 1.54) is 63.5 Å². The molecule has 0 bridgehead atoms. The van der Waals surface area contributed by atoms with Crippen LogP contribution in [-0.2, 0) is 11.2 Å². The highest BCUT2D eigenvalue weighted by Crippen LogP contribution is 2.20. The fraction of sp³-hybridized carbons (Fsp3) is 0.458. The molecule has 0 unspecified atom stereocenters. The standard InChI is InChI=1S/C24H33N3O/c1-2-3-4-5-6-7-8-9-10-12-19-14-15-20(26-19)17-23-24(28)18-22(27-23)21-13-11-16-25-21/h11,13-18,25-27H,2-10,12H2,1H3/b23-17-. The first-order valence-electron chi connectivity index (χ1n) is 10.8. The van der Waals surface area contributed by atoms with Crippen molar-refractivity contribution in [1.82, 2.24) is 15.3 Å². The minimum Gasteiger partial charge on any atom is -0.360 e. The quantitative estimate of drug-likeness (QED) is 0.314. The van der Waals surface area contributed by atoms with Crippen LogP contribution >= 0.6 is 0 Å². The minimum absolute atomic E-state index is 0.0136. The Kier molecular flexibility index (Phi) is 7.77. The molecule has 0 fully saturated rings. The predicted octanol–water partition coefficient (Wildman–Crippen LogP) is 5.97. The van der Waals surface area contributed by atoms with Crippen molar-refractivity contribution >= 4 is 17.6 Å². The van der Waals surface area contributed by atoms with Crippen molar-refractivity contribution in [1.29, 1.82) is 0 Å². The molecule has 0 aliphatic carbocycles. The van der Waals surface area contributed by atoms with Crippen molar-refractivity contribution in [3.8, 4) is 0 Å². The molecule has 3 rings (SSSR count). The summed E-state index contributed by atoms with van der Waals surface area (Å²) in [5.41, 5.74) is 4.58. The average Bonchev–Trinajstić information content (AvgIpc) is 3.43. The highest BCUT2D eigenvalue weighted by atomic mass is 16.1. The second kappa shape index (κ2) is 10.7. The Morgan fingerprint density at radius 1 is 0.929 bits per heavy atom. The molecule has 3 heterocycles. The van der Waals surface area contributed by atoms with Gasteiger partial charge in [-0.1, -0.05) is 58.3 Å². The van der Waals surface area contributed by atoms with Gasteiger partial charge in [-0.05, 0) is 43.2 Å². The highest BCUT2D eigenvalue weighted by molar-refractivity contribution is 6.14. The van der Waals surface area contributed by atoms with E-state index in [9.17, 15) is 4.79 Å². The number of hydrogen-bond acceptors (Lipinski definition) is 2. The molecule has 150 valence electrons. The molecule has 0 radical (unpaired) electrons. The van der Waals surface area contributed by atoms with Crippen LogP contribution in [0.3, 0.4) is 0 Å². The van der Waals surface area contributed by atoms with E-state index in [0.717, 1.165) is 23.5 Å². The summed E-state index contributed by atoms with van der Waals surface area (Å²) in [6, 6.07) is 8.06. The van der Waals surface area contributed by atoms with Gasteiger partial charge in [0.1, 0.15) is 0 Å². The van der Waals surface area contributed by atoms with Crippen LogP contribution in [0.25, 0.3) is 11.8 Å². The van der Waals surface area contributed by atoms with Crippen molar-refractivity contribution in [3.63, 3.8) is 0 Å². The van der Waals surface area contributed by atoms with Gasteiger partial charge in [0.05, 0.1) is 17.1 Å². The van der Waals surface area contributed by atoms with Crippen LogP contribution in [0.2, 0.25) is 0 Å². The van der Waals surface area contributed by atoms with E-state index in [1.807, 2.05) is 24.4 Å². The SMILES string of the molecule is CCCCCCCCCCCc1ccc(/C=C2\NC(c3ccc[nH]3)=CC2=O)[nH]1. The second-order valence-corrected chi connectivity index (χ2v) is 7.71. The Labute approximate surface area is 168 Å². The van der Waals surface area contributed by atoms with Gasteiger partial charge in [0.25, 0.3) is 0 Å². The van der Waals surface area contributed by atoms with Gasteiger partial charge in [0, 0.05) is 23.7 Å². The number of hydrogen-bond donors (Lipinski definition) is 3. The van der Waals surface area contributed by atoms with E-state index in [-0.39, 0.29) is 5.78 Å². The largest absolute Gasteiger partial charge is 0.360 e. The fourth-order valence-electron chi connectivity index (χ4n) is 3.67. The zero-order valence-electron chi connectivity index (χ0n) is 17.0. The van der Waals surface area contributed by atoms with E-state index in [1.54, 1.807) is 6.08 Å². The van der Waals surface area contributed by atoms with Crippen LogP contribution in [0.5, 0.6) is 0 Å². The molecule has 2 aromatic heterocycles. The first-order valence-corrected chi connectivity index (χ1v) is 10.8. The maximum atomic E-state index is 12.2. The number of aromatic amines is 2. The Hall–Kier alpha value is -2.49. The number of aryl methyl sites for hydroxylation is 1. The maximum absolute atomic E-state index is 12.2. The van der Waals surface area contributed by atoms with Gasteiger partial charge in [-0.3, -0.25) is 4.79 Å². The number of rotatable bonds is 12. The molecule has 28 heavy (non-hydrogen) atoms. The molecular formula is C24H33N3O. The molecule has 4 nitrogen and oxygen atoms in total. The summed E-state index contributed by atoms with van der Waals surface area (Å²) in [5, 5.41) is 3.21. The minimum atomic E-state index is 0.0136. The van der Waals surface area contributed by atoms with Crippen LogP contribution in [-0.4, -0.2) is 15.8 Å². The van der Waals surface area contributed by atoms with Crippen molar-refractivity contribution < 1.29 is 4.79 Å². The smallest absolute Gasteiger partial charge is 0.204 e. The number of ketones is 1. The normalized spacial score (nSPS) is 15.2. The zero-order valence-corrected chi connectivity index (χ0v) is 17.0. The third-order valence-electron chi connectivity index (χ3n) is 5.32. The van der Waals surface area contributed by atoms with E-state index in [0.29, 0.717) is 5.70 Å². The first-order chi connectivity index (χ1) is 13.8. The van der Waals surface area contributed by atoms with Gasteiger partial charge in [-0.25, -0.2) is 0 Å². The summed E-state index contributed by atoms with van der Waals surface area (Å²) < 4.78 is 0. The molecule has 1 aliphatic rings. The van der Waals surface area contributed by atoms with Crippen molar-refractivity contribution in [2.45, 2.75) is 71.1 Å². The molecule has 4 heteroatoms. The summed E-state index contributed by atoms with van der Waals surface area (Å²) in [7, 11) is 0. The van der Waals surface area contributed by atoms with E-state index in [4.69, 9.17) is 0 Å². The summed E-state index contributed by atoms with van der Waals surface area (Å²) in [5.74, 6) is 0.0136. The molecule has 0 saturated heterocycles. The Balaban J connectivity index is 1.38. The third-order valence-corrected chi connectivity index (χ3v) is 5.32. The van der Waals surface area contributed by atoms with Gasteiger partial charge < -0.3 is 15.3 Å². The number of allylic oxidation sites excluding steroid dienone is 1. The van der Waals surface area contributed by atoms with Gasteiger partial charge >= 0.3 is 0 Å². The molecular weight excluding hydrogens is 346 g/mol. The molecule has 1 aliphatic heterocycles. The summed E-state index contributed by atoms with van der Waals surface area (Å²) in [6.45, 7) is 2.27. The van der Waals surface area contributed by atoms with E-state index in [2.05, 4.69) is 34.3 Å². The molecule has 2 aromatic rings. The van der Waals surface area contributed by atoms with Crippen LogP contribution in [0, 0.1) is 0 Å². The lowest BCUT2D eigenvalue weighted by atomic mass is 10.1. The molecule has 3 N–H and O–H groups in total. The Bertz CT molecular complexity index is 796. The lowest BCUT2D eigenvalue weighted by molar-refractivity contribution is -0.111. The Morgan fingerprint density at radius 3 is 2.39 bits per heavy atom. The highest BCUT2D eigenvalue weighted by Gasteiger charge is 2.19. The predicted molar refractivity (Wildman–Crippen MR) is 117 cm³/mol. The number of carbonyl (C=O) groups excluding carboxylic acids is 1. The van der Waals surface area contributed by atoms with Gasteiger partial charge in [0.15, 0.2) is 0 Å². The van der Waals surface area contributed by atoms with E-state index >= 15 is 0 Å². The monoisotopic (exact) mass is 379 g/mol. The van der Waals surface area contributed by atoms with Crippen LogP contribution in [0.4, 0.5) is 0 Å². The van der Waals surface area contributed by atoms with Gasteiger partial charge in [0.2, 0.25) is 5.78 Å². The van der Waals surface area contributed by atoms with Crippen molar-refractivity contribution in [3.05, 3.63) is 59.3 Å². The number of aromatic nitrogens is 2. The van der Waals surface area contributed by atoms with Gasteiger partial charge in [-0.15, -0.1) is 0 Å². The summed E-state index contributed by atoms with van der Waals surface area (Å²) in [4.78, 5) is 18.8. The van der Waals surface area contributed by atoms with Gasteiger partial charge in [-0.2, -0.15) is 0 Å². The van der Waals surface area contributed by atoms with Crippen LogP contribution < -0.4 is 5.32 Å². The zero-order chi connectivity index (χ0) is 19.6. The molecule has 0 aromatic carbocycles. The van der Waals surface area contributed by atoms with E-state index < -0.39 is 0 Å². The molecule has 0 atom stereocenters. The van der Waals surface area contributed by atoms with Crippen LogP contribution in [0.1, 0.15) is 81.8 Å². The van der Waals surface area contributed by atoms with Crippen molar-refractivity contribution in [2.75, 3.05) is 0 Å². The number of H-pyrrole nitrogens is 2. The lowest BCUT2D eigenvalue weighted by Crippen LogP contribution is -2.09. The first kappa shape index (κ1) is 20.2. The fourth-order valence-corrected chi connectivity index (χ4v) is 3.67. The number of carbonyl (C=O) groups is 1. The Morgan fingerprint density at radius 2 is 1.68 bits per heavy atom. The maximum Gasteiger partial charge on any atom is 0.204 e. The number of unbranched alkanes of at least 4 members (excludes halogenated alkanes) is 8. The average molecular weight is 380 g/mol. The second-order valence-electron chi connectivity index (χ2n) is 7.71. The lowest BCUT2D eigenvalue weighted by Gasteiger charge is -2.03.